The normalized spacial score (nSPS) is 11.3. The number of para-hydroxylation sites is 1. The zero-order chi connectivity index (χ0) is 39.8. The fourth-order valence-electron chi connectivity index (χ4n) is 8.73. The number of aromatic nitrogens is 1. The van der Waals surface area contributed by atoms with Crippen LogP contribution in [0.5, 0.6) is 0 Å². The predicted octanol–water partition coefficient (Wildman–Crippen LogP) is 16.1. The molecule has 0 saturated heterocycles. The van der Waals surface area contributed by atoms with Crippen molar-refractivity contribution in [2.45, 2.75) is 0 Å². The summed E-state index contributed by atoms with van der Waals surface area (Å²) in [6, 6.07) is 87.8. The van der Waals surface area contributed by atoms with Gasteiger partial charge < -0.3 is 9.47 Å². The number of rotatable bonds is 8. The van der Waals surface area contributed by atoms with Crippen LogP contribution in [0.25, 0.3) is 82.8 Å². The van der Waals surface area contributed by atoms with Gasteiger partial charge in [0.1, 0.15) is 0 Å². The van der Waals surface area contributed by atoms with Gasteiger partial charge >= 0.3 is 0 Å². The van der Waals surface area contributed by atoms with Crippen LogP contribution in [0.4, 0.5) is 17.1 Å². The topological polar surface area (TPSA) is 8.17 Å². The minimum absolute atomic E-state index is 1.08. The van der Waals surface area contributed by atoms with Crippen LogP contribution in [-0.2, 0) is 0 Å². The zero-order valence-electron chi connectivity index (χ0n) is 33.0. The molecule has 0 amide bonds. The molecule has 0 spiro atoms. The Morgan fingerprint density at radius 1 is 0.250 bits per heavy atom. The molecule has 0 saturated carbocycles. The average Bonchev–Trinajstić information content (AvgIpc) is 3.65. The van der Waals surface area contributed by atoms with E-state index in [0.717, 1.165) is 22.7 Å². The van der Waals surface area contributed by atoms with Gasteiger partial charge in [0.05, 0.1) is 11.0 Å². The van der Waals surface area contributed by atoms with E-state index in [1.165, 1.54) is 77.1 Å². The Bertz CT molecular complexity index is 3250. The van der Waals surface area contributed by atoms with Crippen molar-refractivity contribution in [3.63, 3.8) is 0 Å². The maximum absolute atomic E-state index is 2.41. The number of hydrogen-bond acceptors (Lipinski definition) is 1. The van der Waals surface area contributed by atoms with Gasteiger partial charge in [0.2, 0.25) is 0 Å². The van der Waals surface area contributed by atoms with E-state index in [0.29, 0.717) is 0 Å². The summed E-state index contributed by atoms with van der Waals surface area (Å²) in [5.41, 5.74) is 16.4. The van der Waals surface area contributed by atoms with Crippen LogP contribution >= 0.6 is 0 Å². The highest BCUT2D eigenvalue weighted by Crippen LogP contribution is 2.40. The first-order valence-corrected chi connectivity index (χ1v) is 20.6. The van der Waals surface area contributed by atoms with E-state index < -0.39 is 0 Å². The number of nitrogens with zero attached hydrogens (tertiary/aromatic N) is 2. The zero-order valence-corrected chi connectivity index (χ0v) is 33.0. The van der Waals surface area contributed by atoms with Gasteiger partial charge in [0.15, 0.2) is 0 Å². The lowest BCUT2D eigenvalue weighted by molar-refractivity contribution is 1.17. The predicted molar refractivity (Wildman–Crippen MR) is 255 cm³/mol. The molecule has 11 rings (SSSR count). The maximum Gasteiger partial charge on any atom is 0.0547 e. The molecule has 2 heteroatoms. The molecule has 0 atom stereocenters. The smallest absolute Gasteiger partial charge is 0.0547 e. The monoisotopic (exact) mass is 764 g/mol. The van der Waals surface area contributed by atoms with Gasteiger partial charge in [-0.3, -0.25) is 0 Å². The molecule has 0 aliphatic heterocycles. The standard InChI is InChI=1S/C58H40N2/c1-3-12-41(13-4-1)43-22-24-45(25-23-43)46-30-32-51(33-31-46)59(54-19-11-18-48(38-54)47-28-26-44(27-29-47)42-14-5-2-6-15-42)52-34-36-53(37-35-52)60-57-21-10-9-20-55(57)56-39-49-16-7-8-17-50(49)40-58(56)60/h1-40H. The largest absolute Gasteiger partial charge is 0.310 e. The Morgan fingerprint density at radius 3 is 1.27 bits per heavy atom. The third kappa shape index (κ3) is 6.51. The van der Waals surface area contributed by atoms with Crippen LogP contribution in [0.3, 0.4) is 0 Å². The van der Waals surface area contributed by atoms with Crippen LogP contribution in [0.1, 0.15) is 0 Å². The SMILES string of the molecule is c1ccc(-c2ccc(-c3ccc(N(c4ccc(-n5c6ccccc6c6cc7ccccc7cc65)cc4)c4cccc(-c5ccc(-c6ccccc6)cc5)c4)cc3)cc2)cc1. The van der Waals surface area contributed by atoms with Crippen LogP contribution in [0.15, 0.2) is 243 Å². The van der Waals surface area contributed by atoms with Gasteiger partial charge in [0.25, 0.3) is 0 Å². The summed E-state index contributed by atoms with van der Waals surface area (Å²) in [5.74, 6) is 0. The molecule has 0 N–H and O–H groups in total. The minimum Gasteiger partial charge on any atom is -0.310 e. The van der Waals surface area contributed by atoms with Crippen LogP contribution in [0.2, 0.25) is 0 Å². The fraction of sp³-hybridized carbons (Fsp3) is 0. The molecular weight excluding hydrogens is 725 g/mol. The molecule has 0 aliphatic rings. The number of anilines is 3. The first-order chi connectivity index (χ1) is 29.7. The lowest BCUT2D eigenvalue weighted by Gasteiger charge is -2.26. The van der Waals surface area contributed by atoms with Crippen LogP contribution < -0.4 is 4.90 Å². The third-order valence-electron chi connectivity index (χ3n) is 11.8. The van der Waals surface area contributed by atoms with E-state index in [2.05, 4.69) is 252 Å². The molecular formula is C58H40N2. The van der Waals surface area contributed by atoms with E-state index in [-0.39, 0.29) is 0 Å². The minimum atomic E-state index is 1.08. The van der Waals surface area contributed by atoms with Crippen molar-refractivity contribution in [3.8, 4) is 50.2 Å². The van der Waals surface area contributed by atoms with E-state index >= 15 is 0 Å². The van der Waals surface area contributed by atoms with Gasteiger partial charge in [-0.1, -0.05) is 176 Å². The molecule has 0 bridgehead atoms. The number of hydrogen-bond donors (Lipinski definition) is 0. The highest BCUT2D eigenvalue weighted by Gasteiger charge is 2.17. The van der Waals surface area contributed by atoms with Gasteiger partial charge in [-0.25, -0.2) is 0 Å². The highest BCUT2D eigenvalue weighted by molar-refractivity contribution is 6.13. The van der Waals surface area contributed by atoms with Crippen molar-refractivity contribution >= 4 is 49.6 Å². The van der Waals surface area contributed by atoms with Crippen molar-refractivity contribution in [1.82, 2.24) is 4.57 Å². The molecule has 11 aromatic rings. The van der Waals surface area contributed by atoms with E-state index in [1.54, 1.807) is 0 Å². The summed E-state index contributed by atoms with van der Waals surface area (Å²) in [5, 5.41) is 5.01. The molecule has 1 heterocycles. The van der Waals surface area contributed by atoms with Crippen LogP contribution in [0, 0.1) is 0 Å². The lowest BCUT2D eigenvalue weighted by Crippen LogP contribution is -2.10. The van der Waals surface area contributed by atoms with Crippen molar-refractivity contribution < 1.29 is 0 Å². The second-order valence-electron chi connectivity index (χ2n) is 15.4. The number of benzene rings is 10. The molecule has 282 valence electrons. The van der Waals surface area contributed by atoms with Crippen molar-refractivity contribution in [3.05, 3.63) is 243 Å². The summed E-state index contributed by atoms with van der Waals surface area (Å²) in [6.45, 7) is 0. The van der Waals surface area contributed by atoms with Crippen molar-refractivity contribution in [2.75, 3.05) is 4.90 Å². The lowest BCUT2D eigenvalue weighted by atomic mass is 9.99. The molecule has 0 unspecified atom stereocenters. The summed E-state index contributed by atoms with van der Waals surface area (Å²) < 4.78 is 2.41. The number of fused-ring (bicyclic) bond motifs is 4. The first kappa shape index (κ1) is 35.2. The molecule has 0 fully saturated rings. The van der Waals surface area contributed by atoms with E-state index in [4.69, 9.17) is 0 Å². The maximum atomic E-state index is 2.41. The van der Waals surface area contributed by atoms with Gasteiger partial charge in [-0.15, -0.1) is 0 Å². The molecule has 60 heavy (non-hydrogen) atoms. The summed E-state index contributed by atoms with van der Waals surface area (Å²) >= 11 is 0. The van der Waals surface area contributed by atoms with E-state index in [9.17, 15) is 0 Å². The summed E-state index contributed by atoms with van der Waals surface area (Å²) in [6.07, 6.45) is 0. The second kappa shape index (κ2) is 15.1. The average molecular weight is 765 g/mol. The van der Waals surface area contributed by atoms with Gasteiger partial charge in [-0.05, 0) is 122 Å². The Hall–Kier alpha value is -7.94. The Morgan fingerprint density at radius 2 is 0.683 bits per heavy atom. The first-order valence-electron chi connectivity index (χ1n) is 20.6. The van der Waals surface area contributed by atoms with Crippen molar-refractivity contribution in [2.24, 2.45) is 0 Å². The van der Waals surface area contributed by atoms with Gasteiger partial charge in [-0.2, -0.15) is 0 Å². The summed E-state index contributed by atoms with van der Waals surface area (Å²) in [7, 11) is 0. The van der Waals surface area contributed by atoms with Crippen LogP contribution in [-0.4, -0.2) is 4.57 Å². The van der Waals surface area contributed by atoms with Gasteiger partial charge in [0, 0.05) is 33.5 Å². The van der Waals surface area contributed by atoms with E-state index in [1.807, 2.05) is 0 Å². The quantitative estimate of drug-likeness (QED) is 0.150. The molecule has 0 aliphatic carbocycles. The third-order valence-corrected chi connectivity index (χ3v) is 11.8. The Kier molecular flexibility index (Phi) is 8.87. The molecule has 0 radical (unpaired) electrons. The summed E-state index contributed by atoms with van der Waals surface area (Å²) in [4.78, 5) is 2.37. The Labute approximate surface area is 350 Å². The fourth-order valence-corrected chi connectivity index (χ4v) is 8.73. The molecule has 10 aromatic carbocycles. The molecule has 1 aromatic heterocycles. The Balaban J connectivity index is 0.988. The molecule has 2 nitrogen and oxygen atoms in total. The second-order valence-corrected chi connectivity index (χ2v) is 15.4. The van der Waals surface area contributed by atoms with Crippen molar-refractivity contribution in [1.29, 1.82) is 0 Å². The highest BCUT2D eigenvalue weighted by atomic mass is 15.1.